The molecule has 1 aliphatic rings. The Bertz CT molecular complexity index is 1010. The maximum Gasteiger partial charge on any atom is 0.264 e. The zero-order chi connectivity index (χ0) is 22.2. The van der Waals surface area contributed by atoms with Gasteiger partial charge in [0.2, 0.25) is 0 Å². The van der Waals surface area contributed by atoms with Gasteiger partial charge in [0.05, 0.1) is 17.1 Å². The summed E-state index contributed by atoms with van der Waals surface area (Å²) in [5.41, 5.74) is -0.00230. The number of hydrogen-bond donors (Lipinski definition) is 1. The molecule has 0 bridgehead atoms. The number of anilines is 1. The summed E-state index contributed by atoms with van der Waals surface area (Å²) in [6.45, 7) is 10.2. The number of ether oxygens (including phenoxy) is 1. The van der Waals surface area contributed by atoms with Gasteiger partial charge in [-0.2, -0.15) is 0 Å². The van der Waals surface area contributed by atoms with Crippen molar-refractivity contribution in [3.63, 3.8) is 0 Å². The van der Waals surface area contributed by atoms with Crippen LogP contribution in [0.15, 0.2) is 59.5 Å². The van der Waals surface area contributed by atoms with E-state index >= 15 is 0 Å². The van der Waals surface area contributed by atoms with Gasteiger partial charge in [-0.15, -0.1) is 0 Å². The Hall–Kier alpha value is -2.54. The second-order valence-corrected chi connectivity index (χ2v) is 11.4. The minimum absolute atomic E-state index is 0.0273. The number of nitrogens with one attached hydrogen (secondary N) is 1. The lowest BCUT2D eigenvalue weighted by Gasteiger charge is -2.38. The number of amides is 1. The Kier molecular flexibility index (Phi) is 5.87. The van der Waals surface area contributed by atoms with E-state index in [0.29, 0.717) is 11.4 Å². The molecule has 1 N–H and O–H groups in total. The van der Waals surface area contributed by atoms with Crippen LogP contribution in [0, 0.1) is 5.41 Å². The van der Waals surface area contributed by atoms with Crippen LogP contribution in [0.5, 0.6) is 5.75 Å². The molecule has 6 nitrogen and oxygen atoms in total. The Morgan fingerprint density at radius 2 is 1.63 bits per heavy atom. The summed E-state index contributed by atoms with van der Waals surface area (Å²) in [6.07, 6.45) is -0.182. The lowest BCUT2D eigenvalue weighted by molar-refractivity contribution is -0.129. The lowest BCUT2D eigenvalue weighted by Crippen LogP contribution is -2.55. The third-order valence-electron chi connectivity index (χ3n) is 4.79. The minimum atomic E-state index is -3.84. The van der Waals surface area contributed by atoms with Crippen LogP contribution < -0.4 is 14.4 Å². The summed E-state index contributed by atoms with van der Waals surface area (Å²) >= 11 is 0. The summed E-state index contributed by atoms with van der Waals surface area (Å²) in [7, 11) is -3.84. The number of carbonyl (C=O) groups excluding carboxylic acids is 1. The molecule has 30 heavy (non-hydrogen) atoms. The Labute approximate surface area is 179 Å². The van der Waals surface area contributed by atoms with E-state index in [0.717, 1.165) is 6.42 Å². The van der Waals surface area contributed by atoms with Gasteiger partial charge in [-0.25, -0.2) is 8.42 Å². The van der Waals surface area contributed by atoms with Crippen LogP contribution in [-0.2, 0) is 14.8 Å². The number of benzene rings is 2. The van der Waals surface area contributed by atoms with Crippen molar-refractivity contribution in [2.24, 2.45) is 5.41 Å². The normalized spacial score (nSPS) is 17.1. The molecule has 0 aliphatic carbocycles. The molecule has 162 valence electrons. The van der Waals surface area contributed by atoms with Crippen molar-refractivity contribution >= 4 is 21.6 Å². The molecular formula is C23H30N2O4S. The predicted octanol–water partition coefficient (Wildman–Crippen LogP) is 3.97. The molecule has 1 heterocycles. The Morgan fingerprint density at radius 1 is 1.03 bits per heavy atom. The van der Waals surface area contributed by atoms with E-state index in [9.17, 15) is 13.2 Å². The molecule has 0 radical (unpaired) electrons. The van der Waals surface area contributed by atoms with Crippen molar-refractivity contribution < 1.29 is 17.9 Å². The molecule has 1 amide bonds. The summed E-state index contributed by atoms with van der Waals surface area (Å²) in [4.78, 5) is 13.2. The second-order valence-electron chi connectivity index (χ2n) is 9.53. The van der Waals surface area contributed by atoms with Gasteiger partial charge in [-0.05, 0) is 49.9 Å². The first-order chi connectivity index (χ1) is 13.9. The van der Waals surface area contributed by atoms with E-state index in [-0.39, 0.29) is 22.8 Å². The van der Waals surface area contributed by atoms with Gasteiger partial charge in [-0.3, -0.25) is 9.10 Å². The number of rotatable bonds is 5. The molecule has 3 rings (SSSR count). The van der Waals surface area contributed by atoms with Gasteiger partial charge in [0, 0.05) is 5.54 Å². The molecule has 1 aliphatic heterocycles. The number of carbonyl (C=O) groups is 1. The predicted molar refractivity (Wildman–Crippen MR) is 118 cm³/mol. The molecule has 1 atom stereocenters. The van der Waals surface area contributed by atoms with Gasteiger partial charge in [0.25, 0.3) is 15.9 Å². The smallest absolute Gasteiger partial charge is 0.264 e. The van der Waals surface area contributed by atoms with E-state index in [4.69, 9.17) is 4.74 Å². The van der Waals surface area contributed by atoms with E-state index in [2.05, 4.69) is 26.1 Å². The summed E-state index contributed by atoms with van der Waals surface area (Å²) in [6, 6.07) is 15.1. The zero-order valence-electron chi connectivity index (χ0n) is 18.2. The zero-order valence-corrected chi connectivity index (χ0v) is 19.0. The largest absolute Gasteiger partial charge is 0.476 e. The van der Waals surface area contributed by atoms with Crippen LogP contribution in [0.4, 0.5) is 5.69 Å². The molecule has 0 aromatic heterocycles. The molecule has 2 aromatic carbocycles. The number of fused-ring (bicyclic) bond motifs is 1. The molecule has 7 heteroatoms. The van der Waals surface area contributed by atoms with Gasteiger partial charge < -0.3 is 10.1 Å². The highest BCUT2D eigenvalue weighted by atomic mass is 32.2. The van der Waals surface area contributed by atoms with Crippen molar-refractivity contribution in [2.75, 3.05) is 10.8 Å². The first-order valence-electron chi connectivity index (χ1n) is 10.0. The van der Waals surface area contributed by atoms with Crippen LogP contribution in [0.25, 0.3) is 0 Å². The number of para-hydroxylation sites is 2. The van der Waals surface area contributed by atoms with Gasteiger partial charge >= 0.3 is 0 Å². The van der Waals surface area contributed by atoms with Crippen molar-refractivity contribution in [3.05, 3.63) is 54.6 Å². The maximum absolute atomic E-state index is 13.3. The molecular weight excluding hydrogens is 400 g/mol. The van der Waals surface area contributed by atoms with Gasteiger partial charge in [0.1, 0.15) is 5.75 Å². The summed E-state index contributed by atoms with van der Waals surface area (Å²) in [5.74, 6) is 0.0454. The molecule has 0 fully saturated rings. The summed E-state index contributed by atoms with van der Waals surface area (Å²) in [5, 5.41) is 3.04. The molecule has 0 saturated heterocycles. The Morgan fingerprint density at radius 3 is 2.27 bits per heavy atom. The monoisotopic (exact) mass is 430 g/mol. The SMILES string of the molecule is CC(C)(C)CC(C)(C)NC(=O)[C@@H]1CN(S(=O)(=O)c2ccccc2)c2ccccc2O1. The fraction of sp³-hybridized carbons (Fsp3) is 0.435. The van der Waals surface area contributed by atoms with Crippen molar-refractivity contribution in [1.82, 2.24) is 5.32 Å². The number of sulfonamides is 1. The topological polar surface area (TPSA) is 75.7 Å². The van der Waals surface area contributed by atoms with Crippen molar-refractivity contribution in [1.29, 1.82) is 0 Å². The fourth-order valence-corrected chi connectivity index (χ4v) is 5.57. The van der Waals surface area contributed by atoms with Crippen molar-refractivity contribution in [2.45, 2.75) is 57.6 Å². The Balaban J connectivity index is 1.91. The van der Waals surface area contributed by atoms with Crippen LogP contribution in [0.1, 0.15) is 41.0 Å². The molecule has 0 unspecified atom stereocenters. The lowest BCUT2D eigenvalue weighted by atomic mass is 9.81. The minimum Gasteiger partial charge on any atom is -0.476 e. The van der Waals surface area contributed by atoms with Crippen LogP contribution >= 0.6 is 0 Å². The van der Waals surface area contributed by atoms with Crippen LogP contribution in [-0.4, -0.2) is 32.5 Å². The average molecular weight is 431 g/mol. The maximum atomic E-state index is 13.3. The standard InChI is InChI=1S/C23H30N2O4S/c1-22(2,3)16-23(4,5)24-21(26)20-15-25(18-13-9-10-14-19(18)29-20)30(27,28)17-11-7-6-8-12-17/h6-14,20H,15-16H2,1-5H3,(H,24,26)/t20-/m0/s1. The van der Waals surface area contributed by atoms with E-state index in [1.165, 1.54) is 4.31 Å². The number of hydrogen-bond acceptors (Lipinski definition) is 4. The average Bonchev–Trinajstić information content (AvgIpc) is 2.65. The molecule has 0 saturated carbocycles. The van der Waals surface area contributed by atoms with E-state index in [1.54, 1.807) is 54.6 Å². The van der Waals surface area contributed by atoms with Gasteiger partial charge in [0.15, 0.2) is 6.10 Å². The van der Waals surface area contributed by atoms with Crippen molar-refractivity contribution in [3.8, 4) is 5.75 Å². The third kappa shape index (κ3) is 4.95. The molecule has 2 aromatic rings. The number of nitrogens with zero attached hydrogens (tertiary/aromatic N) is 1. The second kappa shape index (κ2) is 7.95. The third-order valence-corrected chi connectivity index (χ3v) is 6.59. The van der Waals surface area contributed by atoms with E-state index in [1.807, 2.05) is 13.8 Å². The van der Waals surface area contributed by atoms with Gasteiger partial charge in [-0.1, -0.05) is 51.1 Å². The van der Waals surface area contributed by atoms with E-state index < -0.39 is 21.7 Å². The highest BCUT2D eigenvalue weighted by Gasteiger charge is 2.39. The quantitative estimate of drug-likeness (QED) is 0.779. The fourth-order valence-electron chi connectivity index (χ4n) is 4.07. The first-order valence-corrected chi connectivity index (χ1v) is 11.5. The van der Waals surface area contributed by atoms with Crippen LogP contribution in [0.3, 0.4) is 0 Å². The highest BCUT2D eigenvalue weighted by Crippen LogP contribution is 2.37. The van der Waals surface area contributed by atoms with Crippen LogP contribution in [0.2, 0.25) is 0 Å². The first kappa shape index (κ1) is 22.2. The highest BCUT2D eigenvalue weighted by molar-refractivity contribution is 7.92. The molecule has 0 spiro atoms. The summed E-state index contributed by atoms with van der Waals surface area (Å²) < 4.78 is 33.8.